The summed E-state index contributed by atoms with van der Waals surface area (Å²) in [6.07, 6.45) is 5.11. The van der Waals surface area contributed by atoms with Gasteiger partial charge in [-0.25, -0.2) is 0 Å². The van der Waals surface area contributed by atoms with Gasteiger partial charge in [-0.3, -0.25) is 4.79 Å². The molecule has 1 aliphatic heterocycles. The van der Waals surface area contributed by atoms with Gasteiger partial charge in [-0.05, 0) is 32.6 Å². The normalized spacial score (nSPS) is 36.6. The van der Waals surface area contributed by atoms with E-state index in [1.54, 1.807) is 0 Å². The van der Waals surface area contributed by atoms with E-state index in [0.717, 1.165) is 38.7 Å². The van der Waals surface area contributed by atoms with Crippen LogP contribution in [0.5, 0.6) is 0 Å². The van der Waals surface area contributed by atoms with E-state index in [2.05, 4.69) is 12.2 Å². The number of nitrogens with two attached hydrogens (primary N) is 1. The third kappa shape index (κ3) is 3.57. The molecule has 1 saturated carbocycles. The second kappa shape index (κ2) is 6.03. The maximum absolute atomic E-state index is 11.9. The second-order valence-corrected chi connectivity index (χ2v) is 5.32. The number of halogens is 1. The molecule has 100 valence electrons. The van der Waals surface area contributed by atoms with E-state index in [9.17, 15) is 4.79 Å². The molecule has 1 aliphatic carbocycles. The summed E-state index contributed by atoms with van der Waals surface area (Å²) in [5.41, 5.74) is 5.75. The molecule has 3 unspecified atom stereocenters. The van der Waals surface area contributed by atoms with Gasteiger partial charge in [0.1, 0.15) is 0 Å². The molecule has 0 aromatic rings. The Labute approximate surface area is 109 Å². The zero-order chi connectivity index (χ0) is 11.6. The molecule has 2 rings (SSSR count). The van der Waals surface area contributed by atoms with Gasteiger partial charge in [0.2, 0.25) is 5.91 Å². The van der Waals surface area contributed by atoms with E-state index in [4.69, 9.17) is 10.5 Å². The average molecular weight is 263 g/mol. The zero-order valence-corrected chi connectivity index (χ0v) is 11.2. The maximum atomic E-state index is 11.9. The monoisotopic (exact) mass is 262 g/mol. The molecule has 5 heteroatoms. The fourth-order valence-electron chi connectivity index (χ4n) is 2.70. The van der Waals surface area contributed by atoms with Gasteiger partial charge >= 0.3 is 0 Å². The van der Waals surface area contributed by atoms with Gasteiger partial charge in [-0.2, -0.15) is 0 Å². The first-order chi connectivity index (χ1) is 7.61. The lowest BCUT2D eigenvalue weighted by Gasteiger charge is -2.25. The molecule has 0 spiro atoms. The molecule has 0 aromatic heterocycles. The van der Waals surface area contributed by atoms with Gasteiger partial charge in [0.15, 0.2) is 0 Å². The summed E-state index contributed by atoms with van der Waals surface area (Å²) < 4.78 is 5.63. The van der Waals surface area contributed by atoms with E-state index < -0.39 is 0 Å². The molecule has 0 radical (unpaired) electrons. The van der Waals surface area contributed by atoms with Crippen LogP contribution in [0.4, 0.5) is 0 Å². The first kappa shape index (κ1) is 14.7. The molecule has 1 amide bonds. The Morgan fingerprint density at radius 2 is 2.24 bits per heavy atom. The van der Waals surface area contributed by atoms with Crippen LogP contribution < -0.4 is 11.1 Å². The SMILES string of the molecule is CC1(CNC(=O)C2CCCC2N)CCCO1.Cl. The quantitative estimate of drug-likeness (QED) is 0.804. The third-order valence-electron chi connectivity index (χ3n) is 3.84. The summed E-state index contributed by atoms with van der Waals surface area (Å²) in [7, 11) is 0. The predicted molar refractivity (Wildman–Crippen MR) is 69.2 cm³/mol. The van der Waals surface area contributed by atoms with E-state index in [1.807, 2.05) is 0 Å². The number of carbonyl (C=O) groups is 1. The highest BCUT2D eigenvalue weighted by Gasteiger charge is 2.33. The molecule has 0 bridgehead atoms. The van der Waals surface area contributed by atoms with Crippen LogP contribution in [0, 0.1) is 5.92 Å². The minimum Gasteiger partial charge on any atom is -0.373 e. The summed E-state index contributed by atoms with van der Waals surface area (Å²) in [5.74, 6) is 0.131. The van der Waals surface area contributed by atoms with Crippen LogP contribution in [-0.2, 0) is 9.53 Å². The van der Waals surface area contributed by atoms with Gasteiger partial charge in [0, 0.05) is 19.2 Å². The lowest BCUT2D eigenvalue weighted by Crippen LogP contribution is -2.45. The first-order valence-electron chi connectivity index (χ1n) is 6.28. The summed E-state index contributed by atoms with van der Waals surface area (Å²) in [6.45, 7) is 3.50. The lowest BCUT2D eigenvalue weighted by atomic mass is 10.0. The van der Waals surface area contributed by atoms with Crippen molar-refractivity contribution in [2.45, 2.75) is 50.7 Å². The van der Waals surface area contributed by atoms with E-state index in [-0.39, 0.29) is 35.9 Å². The number of hydrogen-bond acceptors (Lipinski definition) is 3. The summed E-state index contributed by atoms with van der Waals surface area (Å²) in [4.78, 5) is 11.9. The zero-order valence-electron chi connectivity index (χ0n) is 10.4. The highest BCUT2D eigenvalue weighted by atomic mass is 35.5. The molecular weight excluding hydrogens is 240 g/mol. The number of hydrogen-bond donors (Lipinski definition) is 2. The van der Waals surface area contributed by atoms with Crippen LogP contribution in [0.2, 0.25) is 0 Å². The topological polar surface area (TPSA) is 64.4 Å². The third-order valence-corrected chi connectivity index (χ3v) is 3.84. The second-order valence-electron chi connectivity index (χ2n) is 5.32. The Morgan fingerprint density at radius 1 is 1.47 bits per heavy atom. The number of carbonyl (C=O) groups excluding carboxylic acids is 1. The first-order valence-corrected chi connectivity index (χ1v) is 6.28. The highest BCUT2D eigenvalue weighted by molar-refractivity contribution is 5.85. The van der Waals surface area contributed by atoms with Crippen molar-refractivity contribution in [2.24, 2.45) is 11.7 Å². The van der Waals surface area contributed by atoms with Crippen molar-refractivity contribution in [3.05, 3.63) is 0 Å². The lowest BCUT2D eigenvalue weighted by molar-refractivity contribution is -0.126. The van der Waals surface area contributed by atoms with Gasteiger partial charge in [-0.15, -0.1) is 12.4 Å². The van der Waals surface area contributed by atoms with Crippen LogP contribution in [0.15, 0.2) is 0 Å². The smallest absolute Gasteiger partial charge is 0.224 e. The predicted octanol–water partition coefficient (Wildman–Crippen LogP) is 1.22. The van der Waals surface area contributed by atoms with Gasteiger partial charge in [0.25, 0.3) is 0 Å². The molecule has 1 saturated heterocycles. The molecule has 3 N–H and O–H groups in total. The van der Waals surface area contributed by atoms with Crippen LogP contribution in [0.25, 0.3) is 0 Å². The van der Waals surface area contributed by atoms with E-state index >= 15 is 0 Å². The van der Waals surface area contributed by atoms with Gasteiger partial charge in [0.05, 0.1) is 11.5 Å². The number of rotatable bonds is 3. The number of amides is 1. The minimum absolute atomic E-state index is 0. The Bertz CT molecular complexity index is 267. The van der Waals surface area contributed by atoms with Crippen molar-refractivity contribution in [3.8, 4) is 0 Å². The summed E-state index contributed by atoms with van der Waals surface area (Å²) in [5, 5.41) is 2.99. The Hall–Kier alpha value is -0.320. The Morgan fingerprint density at radius 3 is 2.76 bits per heavy atom. The van der Waals surface area contributed by atoms with Crippen molar-refractivity contribution in [2.75, 3.05) is 13.2 Å². The Balaban J connectivity index is 0.00000144. The van der Waals surface area contributed by atoms with Crippen molar-refractivity contribution in [1.82, 2.24) is 5.32 Å². The standard InChI is InChI=1S/C12H22N2O2.ClH/c1-12(6-3-7-16-12)8-14-11(15)9-4-2-5-10(9)13;/h9-10H,2-8,13H2,1H3,(H,14,15);1H. The molecule has 3 atom stereocenters. The van der Waals surface area contributed by atoms with Gasteiger partial charge < -0.3 is 15.8 Å². The number of nitrogens with one attached hydrogen (secondary N) is 1. The molecule has 1 heterocycles. The molecule has 2 fully saturated rings. The van der Waals surface area contributed by atoms with Crippen LogP contribution in [0.3, 0.4) is 0 Å². The highest BCUT2D eigenvalue weighted by Crippen LogP contribution is 2.26. The van der Waals surface area contributed by atoms with E-state index in [1.165, 1.54) is 0 Å². The molecule has 17 heavy (non-hydrogen) atoms. The minimum atomic E-state index is -0.154. The largest absolute Gasteiger partial charge is 0.373 e. The average Bonchev–Trinajstić information content (AvgIpc) is 2.85. The maximum Gasteiger partial charge on any atom is 0.224 e. The molecule has 4 nitrogen and oxygen atoms in total. The van der Waals surface area contributed by atoms with Crippen LogP contribution in [-0.4, -0.2) is 30.7 Å². The molecule has 2 aliphatic rings. The fourth-order valence-corrected chi connectivity index (χ4v) is 2.70. The Kier molecular flexibility index (Phi) is 5.22. The molecule has 0 aromatic carbocycles. The van der Waals surface area contributed by atoms with E-state index in [0.29, 0.717) is 6.54 Å². The van der Waals surface area contributed by atoms with Gasteiger partial charge in [-0.1, -0.05) is 6.42 Å². The summed E-state index contributed by atoms with van der Waals surface area (Å²) in [6, 6.07) is 0.0531. The molecular formula is C12H23ClN2O2. The van der Waals surface area contributed by atoms with Crippen molar-refractivity contribution < 1.29 is 9.53 Å². The van der Waals surface area contributed by atoms with Crippen molar-refractivity contribution in [3.63, 3.8) is 0 Å². The van der Waals surface area contributed by atoms with Crippen LogP contribution in [0.1, 0.15) is 39.0 Å². The van der Waals surface area contributed by atoms with Crippen LogP contribution >= 0.6 is 12.4 Å². The summed E-state index contributed by atoms with van der Waals surface area (Å²) >= 11 is 0. The van der Waals surface area contributed by atoms with Crippen molar-refractivity contribution >= 4 is 18.3 Å². The number of ether oxygens (including phenoxy) is 1. The van der Waals surface area contributed by atoms with Crippen molar-refractivity contribution in [1.29, 1.82) is 0 Å². The fraction of sp³-hybridized carbons (Fsp3) is 0.917.